The van der Waals surface area contributed by atoms with Gasteiger partial charge in [0, 0.05) is 41.6 Å². The lowest BCUT2D eigenvalue weighted by Crippen LogP contribution is -2.28. The van der Waals surface area contributed by atoms with Crippen LogP contribution in [-0.4, -0.2) is 24.7 Å². The van der Waals surface area contributed by atoms with E-state index in [0.29, 0.717) is 18.2 Å². The van der Waals surface area contributed by atoms with Gasteiger partial charge in [-0.25, -0.2) is 0 Å². The fourth-order valence-corrected chi connectivity index (χ4v) is 3.03. The van der Waals surface area contributed by atoms with Gasteiger partial charge < -0.3 is 10.6 Å². The Labute approximate surface area is 169 Å². The van der Waals surface area contributed by atoms with Crippen LogP contribution in [0.2, 0.25) is 5.02 Å². The van der Waals surface area contributed by atoms with Crippen molar-refractivity contribution in [3.8, 4) is 0 Å². The monoisotopic (exact) mass is 402 g/mol. The molecule has 3 aromatic rings. The smallest absolute Gasteiger partial charge is 0.172 e. The quantitative estimate of drug-likeness (QED) is 0.612. The van der Waals surface area contributed by atoms with Gasteiger partial charge in [-0.1, -0.05) is 23.7 Å². The van der Waals surface area contributed by atoms with Crippen LogP contribution in [-0.2, 0) is 19.6 Å². The number of nitrogens with one attached hydrogen (secondary N) is 2. The van der Waals surface area contributed by atoms with Crippen LogP contribution in [0.5, 0.6) is 0 Å². The predicted octanol–water partition coefficient (Wildman–Crippen LogP) is 3.90. The number of hydrogen-bond donors (Lipinski definition) is 2. The van der Waals surface area contributed by atoms with Crippen LogP contribution in [0.15, 0.2) is 36.5 Å². The van der Waals surface area contributed by atoms with Crippen LogP contribution in [0.25, 0.3) is 0 Å². The van der Waals surface area contributed by atoms with Crippen LogP contribution in [0.1, 0.15) is 29.4 Å². The molecule has 0 bridgehead atoms. The Morgan fingerprint density at radius 2 is 1.93 bits per heavy atom. The first-order valence-corrected chi connectivity index (χ1v) is 9.60. The summed E-state index contributed by atoms with van der Waals surface area (Å²) in [5.41, 5.74) is 4.33. The standard InChI is InChI=1S/C19H23ClN6S/c1-4-25-12-16(14(3)23-25)10-21-19(27)22-18-9-13(2)26(24-18)11-15-5-7-17(20)8-6-15/h5-9,12H,4,10-11H2,1-3H3,(H2,21,22,24,27). The van der Waals surface area contributed by atoms with Gasteiger partial charge in [-0.15, -0.1) is 0 Å². The molecule has 0 aliphatic carbocycles. The van der Waals surface area contributed by atoms with Crippen molar-refractivity contribution >= 4 is 34.7 Å². The van der Waals surface area contributed by atoms with E-state index in [9.17, 15) is 0 Å². The zero-order chi connectivity index (χ0) is 19.4. The highest BCUT2D eigenvalue weighted by Crippen LogP contribution is 2.14. The summed E-state index contributed by atoms with van der Waals surface area (Å²) in [6, 6.07) is 9.75. The van der Waals surface area contributed by atoms with Crippen molar-refractivity contribution in [2.75, 3.05) is 5.32 Å². The van der Waals surface area contributed by atoms with Crippen molar-refractivity contribution in [3.05, 3.63) is 64.1 Å². The maximum Gasteiger partial charge on any atom is 0.172 e. The summed E-state index contributed by atoms with van der Waals surface area (Å²) in [6.07, 6.45) is 2.04. The molecular weight excluding hydrogens is 380 g/mol. The lowest BCUT2D eigenvalue weighted by Gasteiger charge is -2.08. The van der Waals surface area contributed by atoms with E-state index >= 15 is 0 Å². The molecule has 2 aromatic heterocycles. The molecule has 0 amide bonds. The molecular formula is C19H23ClN6S. The normalized spacial score (nSPS) is 10.8. The summed E-state index contributed by atoms with van der Waals surface area (Å²) < 4.78 is 3.86. The second-order valence-electron chi connectivity index (χ2n) is 6.36. The predicted molar refractivity (Wildman–Crippen MR) is 113 cm³/mol. The van der Waals surface area contributed by atoms with Gasteiger partial charge in [0.1, 0.15) is 0 Å². The number of thiocarbonyl (C=S) groups is 1. The molecule has 0 unspecified atom stereocenters. The number of benzene rings is 1. The number of aromatic nitrogens is 4. The molecule has 0 spiro atoms. The summed E-state index contributed by atoms with van der Waals surface area (Å²) >= 11 is 11.3. The van der Waals surface area contributed by atoms with Crippen LogP contribution in [0, 0.1) is 13.8 Å². The number of nitrogens with zero attached hydrogens (tertiary/aromatic N) is 4. The van der Waals surface area contributed by atoms with E-state index in [1.807, 2.05) is 59.7 Å². The lowest BCUT2D eigenvalue weighted by molar-refractivity contribution is 0.653. The van der Waals surface area contributed by atoms with Crippen molar-refractivity contribution in [3.63, 3.8) is 0 Å². The number of aryl methyl sites for hydroxylation is 3. The van der Waals surface area contributed by atoms with Gasteiger partial charge in [-0.05, 0) is 50.7 Å². The maximum atomic E-state index is 5.94. The van der Waals surface area contributed by atoms with Gasteiger partial charge in [-0.3, -0.25) is 9.36 Å². The zero-order valence-electron chi connectivity index (χ0n) is 15.7. The SMILES string of the molecule is CCn1cc(CNC(=S)Nc2cc(C)n(Cc3ccc(Cl)cc3)n2)c(C)n1. The summed E-state index contributed by atoms with van der Waals surface area (Å²) in [5, 5.41) is 16.7. The Bertz CT molecular complexity index is 928. The maximum absolute atomic E-state index is 5.94. The van der Waals surface area contributed by atoms with Crippen molar-refractivity contribution in [2.45, 2.75) is 40.4 Å². The highest BCUT2D eigenvalue weighted by Gasteiger charge is 2.08. The number of rotatable bonds is 6. The van der Waals surface area contributed by atoms with Crippen LogP contribution < -0.4 is 10.6 Å². The van der Waals surface area contributed by atoms with E-state index in [4.69, 9.17) is 23.8 Å². The topological polar surface area (TPSA) is 59.7 Å². The molecule has 0 saturated carbocycles. The Morgan fingerprint density at radius 3 is 2.59 bits per heavy atom. The molecule has 27 heavy (non-hydrogen) atoms. The molecule has 0 aliphatic rings. The Hall–Kier alpha value is -2.38. The Morgan fingerprint density at radius 1 is 1.19 bits per heavy atom. The van der Waals surface area contributed by atoms with E-state index in [0.717, 1.165) is 39.9 Å². The third kappa shape index (κ3) is 5.08. The zero-order valence-corrected chi connectivity index (χ0v) is 17.2. The average Bonchev–Trinajstić information content (AvgIpc) is 3.17. The highest BCUT2D eigenvalue weighted by atomic mass is 35.5. The van der Waals surface area contributed by atoms with E-state index in [1.54, 1.807) is 0 Å². The highest BCUT2D eigenvalue weighted by molar-refractivity contribution is 7.80. The van der Waals surface area contributed by atoms with Gasteiger partial charge in [-0.2, -0.15) is 10.2 Å². The third-order valence-corrected chi connectivity index (χ3v) is 4.78. The Kier molecular flexibility index (Phi) is 6.13. The van der Waals surface area contributed by atoms with Gasteiger partial charge in [0.2, 0.25) is 0 Å². The molecule has 0 fully saturated rings. The third-order valence-electron chi connectivity index (χ3n) is 4.28. The van der Waals surface area contributed by atoms with Crippen molar-refractivity contribution in [2.24, 2.45) is 0 Å². The second-order valence-corrected chi connectivity index (χ2v) is 7.20. The summed E-state index contributed by atoms with van der Waals surface area (Å²) in [5.74, 6) is 0.722. The average molecular weight is 403 g/mol. The molecule has 3 rings (SSSR count). The van der Waals surface area contributed by atoms with Gasteiger partial charge >= 0.3 is 0 Å². The summed E-state index contributed by atoms with van der Waals surface area (Å²) in [7, 11) is 0. The molecule has 8 heteroatoms. The largest absolute Gasteiger partial charge is 0.358 e. The molecule has 2 heterocycles. The van der Waals surface area contributed by atoms with Crippen LogP contribution >= 0.6 is 23.8 Å². The van der Waals surface area contributed by atoms with Crippen molar-refractivity contribution in [1.29, 1.82) is 0 Å². The Balaban J connectivity index is 1.58. The molecule has 0 aliphatic heterocycles. The number of halogens is 1. The molecule has 0 radical (unpaired) electrons. The van der Waals surface area contributed by atoms with Crippen molar-refractivity contribution < 1.29 is 0 Å². The first-order valence-electron chi connectivity index (χ1n) is 8.81. The molecule has 2 N–H and O–H groups in total. The number of anilines is 1. The van der Waals surface area contributed by atoms with E-state index < -0.39 is 0 Å². The van der Waals surface area contributed by atoms with Gasteiger partial charge in [0.25, 0.3) is 0 Å². The first kappa shape index (κ1) is 19.4. The molecule has 142 valence electrons. The minimum atomic E-state index is 0.537. The van der Waals surface area contributed by atoms with E-state index in [1.165, 1.54) is 0 Å². The molecule has 6 nitrogen and oxygen atoms in total. The fourth-order valence-electron chi connectivity index (χ4n) is 2.72. The van der Waals surface area contributed by atoms with E-state index in [-0.39, 0.29) is 0 Å². The minimum absolute atomic E-state index is 0.537. The van der Waals surface area contributed by atoms with Crippen LogP contribution in [0.3, 0.4) is 0 Å². The van der Waals surface area contributed by atoms with Crippen molar-refractivity contribution in [1.82, 2.24) is 24.9 Å². The fraction of sp³-hybridized carbons (Fsp3) is 0.316. The first-order chi connectivity index (χ1) is 12.9. The van der Waals surface area contributed by atoms with Gasteiger partial charge in [0.05, 0.1) is 12.2 Å². The summed E-state index contributed by atoms with van der Waals surface area (Å²) in [4.78, 5) is 0. The van der Waals surface area contributed by atoms with Gasteiger partial charge in [0.15, 0.2) is 10.9 Å². The number of hydrogen-bond acceptors (Lipinski definition) is 3. The molecule has 0 atom stereocenters. The lowest BCUT2D eigenvalue weighted by atomic mass is 10.2. The minimum Gasteiger partial charge on any atom is -0.358 e. The second kappa shape index (κ2) is 8.54. The molecule has 1 aromatic carbocycles. The molecule has 0 saturated heterocycles. The van der Waals surface area contributed by atoms with E-state index in [2.05, 4.69) is 27.8 Å². The van der Waals surface area contributed by atoms with Crippen LogP contribution in [0.4, 0.5) is 5.82 Å². The summed E-state index contributed by atoms with van der Waals surface area (Å²) in [6.45, 7) is 8.25.